The first-order valence-corrected chi connectivity index (χ1v) is 10.2. The molecular formula is C22H22N4O5S. The molecule has 10 heteroatoms. The number of nitrogens with one attached hydrogen (secondary N) is 2. The first-order chi connectivity index (χ1) is 15.2. The van der Waals surface area contributed by atoms with Gasteiger partial charge < -0.3 is 20.3 Å². The number of carbonyl (C=O) groups excluding carboxylic acids is 2. The van der Waals surface area contributed by atoms with Gasteiger partial charge in [0, 0.05) is 36.1 Å². The summed E-state index contributed by atoms with van der Waals surface area (Å²) in [6.07, 6.45) is 0. The minimum absolute atomic E-state index is 0.161. The third-order valence-electron chi connectivity index (χ3n) is 5.07. The number of thiocarbonyl (C=S) groups is 1. The van der Waals surface area contributed by atoms with Gasteiger partial charge in [0.1, 0.15) is 0 Å². The van der Waals surface area contributed by atoms with Crippen molar-refractivity contribution in [3.63, 3.8) is 0 Å². The number of nitro benzene ring substituents is 1. The number of carbonyl (C=O) groups is 2. The zero-order chi connectivity index (χ0) is 23.4. The predicted octanol–water partition coefficient (Wildman–Crippen LogP) is 3.55. The van der Waals surface area contributed by atoms with Crippen LogP contribution < -0.4 is 10.6 Å². The molecule has 2 N–H and O–H groups in total. The molecule has 0 spiro atoms. The second-order valence-corrected chi connectivity index (χ2v) is 7.43. The lowest BCUT2D eigenvalue weighted by atomic mass is 9.95. The molecule has 1 aliphatic heterocycles. The summed E-state index contributed by atoms with van der Waals surface area (Å²) < 4.78 is 5.23. The topological polar surface area (TPSA) is 114 Å². The zero-order valence-electron chi connectivity index (χ0n) is 17.7. The zero-order valence-corrected chi connectivity index (χ0v) is 18.6. The first kappa shape index (κ1) is 22.9. The maximum absolute atomic E-state index is 12.6. The van der Waals surface area contributed by atoms with Crippen LogP contribution in [0.3, 0.4) is 0 Å². The van der Waals surface area contributed by atoms with Gasteiger partial charge in [0.15, 0.2) is 5.11 Å². The molecule has 0 fully saturated rings. The van der Waals surface area contributed by atoms with Gasteiger partial charge in [0.25, 0.3) is 11.6 Å². The van der Waals surface area contributed by atoms with Gasteiger partial charge in [-0.2, -0.15) is 0 Å². The third kappa shape index (κ3) is 4.75. The molecule has 0 aliphatic carbocycles. The highest BCUT2D eigenvalue weighted by Gasteiger charge is 2.33. The number of amides is 1. The molecule has 0 aromatic heterocycles. The van der Waals surface area contributed by atoms with Gasteiger partial charge in [-0.25, -0.2) is 4.79 Å². The molecule has 1 atom stereocenters. The Bertz CT molecular complexity index is 1110. The Labute approximate surface area is 190 Å². The SMILES string of the molecule is CCOC(=O)C1=C(C)N(C)C(=S)NC1c1ccc(NC(=O)c2cccc([N+](=O)[O-])c2)cc1. The van der Waals surface area contributed by atoms with E-state index in [9.17, 15) is 19.7 Å². The van der Waals surface area contributed by atoms with Crippen LogP contribution in [0.1, 0.15) is 35.8 Å². The Balaban J connectivity index is 1.83. The Morgan fingerprint density at radius 2 is 1.94 bits per heavy atom. The van der Waals surface area contributed by atoms with E-state index in [4.69, 9.17) is 17.0 Å². The maximum Gasteiger partial charge on any atom is 0.338 e. The van der Waals surface area contributed by atoms with Crippen LogP contribution in [0.2, 0.25) is 0 Å². The van der Waals surface area contributed by atoms with Crippen molar-refractivity contribution >= 4 is 40.6 Å². The molecule has 0 bridgehead atoms. The number of benzene rings is 2. The Morgan fingerprint density at radius 1 is 1.25 bits per heavy atom. The highest BCUT2D eigenvalue weighted by molar-refractivity contribution is 7.80. The summed E-state index contributed by atoms with van der Waals surface area (Å²) in [5.41, 5.74) is 2.42. The van der Waals surface area contributed by atoms with Crippen LogP contribution in [-0.4, -0.2) is 40.5 Å². The number of esters is 1. The number of rotatable bonds is 6. The van der Waals surface area contributed by atoms with E-state index < -0.39 is 22.8 Å². The van der Waals surface area contributed by atoms with E-state index in [1.165, 1.54) is 24.3 Å². The van der Waals surface area contributed by atoms with Crippen LogP contribution >= 0.6 is 12.2 Å². The quantitative estimate of drug-likeness (QED) is 0.295. The van der Waals surface area contributed by atoms with Crippen molar-refractivity contribution in [2.24, 2.45) is 0 Å². The van der Waals surface area contributed by atoms with E-state index in [0.717, 1.165) is 5.56 Å². The first-order valence-electron chi connectivity index (χ1n) is 9.80. The molecule has 1 amide bonds. The van der Waals surface area contributed by atoms with Crippen molar-refractivity contribution in [3.8, 4) is 0 Å². The van der Waals surface area contributed by atoms with E-state index in [2.05, 4.69) is 10.6 Å². The summed E-state index contributed by atoms with van der Waals surface area (Å²) in [6, 6.07) is 11.9. The van der Waals surface area contributed by atoms with Gasteiger partial charge in [0.2, 0.25) is 0 Å². The molecule has 166 valence electrons. The number of anilines is 1. The molecule has 1 unspecified atom stereocenters. The summed E-state index contributed by atoms with van der Waals surface area (Å²) in [5.74, 6) is -0.900. The van der Waals surface area contributed by atoms with Crippen molar-refractivity contribution < 1.29 is 19.2 Å². The van der Waals surface area contributed by atoms with Gasteiger partial charge in [-0.15, -0.1) is 0 Å². The van der Waals surface area contributed by atoms with E-state index in [-0.39, 0.29) is 17.9 Å². The fourth-order valence-corrected chi connectivity index (χ4v) is 3.54. The van der Waals surface area contributed by atoms with Gasteiger partial charge in [-0.1, -0.05) is 18.2 Å². The lowest BCUT2D eigenvalue weighted by Gasteiger charge is -2.35. The molecule has 3 rings (SSSR count). The molecule has 2 aromatic carbocycles. The molecular weight excluding hydrogens is 432 g/mol. The minimum atomic E-state index is -0.554. The smallest absolute Gasteiger partial charge is 0.338 e. The fraction of sp³-hybridized carbons (Fsp3) is 0.227. The highest BCUT2D eigenvalue weighted by Crippen LogP contribution is 2.31. The number of nitro groups is 1. The van der Waals surface area contributed by atoms with E-state index in [1.54, 1.807) is 50.1 Å². The number of non-ortho nitro benzene ring substituents is 1. The Kier molecular flexibility index (Phi) is 6.84. The standard InChI is InChI=1S/C22H22N4O5S/c1-4-31-21(28)18-13(2)25(3)22(32)24-19(18)14-8-10-16(11-9-14)23-20(27)15-6-5-7-17(12-15)26(29)30/h5-12,19H,4H2,1-3H3,(H,23,27)(H,24,32). The largest absolute Gasteiger partial charge is 0.463 e. The average molecular weight is 455 g/mol. The summed E-state index contributed by atoms with van der Waals surface area (Å²) in [5, 5.41) is 17.3. The van der Waals surface area contributed by atoms with E-state index >= 15 is 0 Å². The van der Waals surface area contributed by atoms with Crippen LogP contribution in [0.25, 0.3) is 0 Å². The third-order valence-corrected chi connectivity index (χ3v) is 5.46. The highest BCUT2D eigenvalue weighted by atomic mass is 32.1. The van der Waals surface area contributed by atoms with Crippen LogP contribution in [0, 0.1) is 10.1 Å². The summed E-state index contributed by atoms with van der Waals surface area (Å²) in [7, 11) is 1.77. The Hall–Kier alpha value is -3.79. The van der Waals surface area contributed by atoms with Gasteiger partial charge in [-0.05, 0) is 49.8 Å². The van der Waals surface area contributed by atoms with Crippen LogP contribution in [-0.2, 0) is 9.53 Å². The minimum Gasteiger partial charge on any atom is -0.463 e. The van der Waals surface area contributed by atoms with Crippen LogP contribution in [0.5, 0.6) is 0 Å². The van der Waals surface area contributed by atoms with Crippen molar-refractivity contribution in [3.05, 3.63) is 81.0 Å². The van der Waals surface area contributed by atoms with Crippen LogP contribution in [0.15, 0.2) is 59.8 Å². The van der Waals surface area contributed by atoms with Gasteiger partial charge in [0.05, 0.1) is 23.1 Å². The average Bonchev–Trinajstić information content (AvgIpc) is 2.78. The summed E-state index contributed by atoms with van der Waals surface area (Å²) in [6.45, 7) is 3.80. The number of nitrogens with zero attached hydrogens (tertiary/aromatic N) is 2. The number of ether oxygens (including phenoxy) is 1. The van der Waals surface area contributed by atoms with Crippen molar-refractivity contribution in [2.75, 3.05) is 19.0 Å². The Morgan fingerprint density at radius 3 is 2.56 bits per heavy atom. The van der Waals surface area contributed by atoms with Crippen LogP contribution in [0.4, 0.5) is 11.4 Å². The van der Waals surface area contributed by atoms with Gasteiger partial charge in [-0.3, -0.25) is 14.9 Å². The number of hydrogen-bond acceptors (Lipinski definition) is 6. The van der Waals surface area contributed by atoms with E-state index in [1.807, 2.05) is 0 Å². The number of allylic oxidation sites excluding steroid dienone is 1. The van der Waals surface area contributed by atoms with Crippen molar-refractivity contribution in [2.45, 2.75) is 19.9 Å². The molecule has 1 aliphatic rings. The lowest BCUT2D eigenvalue weighted by molar-refractivity contribution is -0.384. The normalized spacial score (nSPS) is 15.8. The summed E-state index contributed by atoms with van der Waals surface area (Å²) in [4.78, 5) is 37.2. The van der Waals surface area contributed by atoms with Crippen molar-refractivity contribution in [1.29, 1.82) is 0 Å². The predicted molar refractivity (Wildman–Crippen MR) is 123 cm³/mol. The molecule has 0 saturated heterocycles. The molecule has 0 saturated carbocycles. The second-order valence-electron chi connectivity index (χ2n) is 7.04. The molecule has 9 nitrogen and oxygen atoms in total. The number of hydrogen-bond donors (Lipinski definition) is 2. The van der Waals surface area contributed by atoms with Gasteiger partial charge >= 0.3 is 5.97 Å². The summed E-state index contributed by atoms with van der Waals surface area (Å²) >= 11 is 5.38. The fourth-order valence-electron chi connectivity index (χ4n) is 3.28. The molecule has 0 radical (unpaired) electrons. The van der Waals surface area contributed by atoms with Crippen molar-refractivity contribution in [1.82, 2.24) is 10.2 Å². The maximum atomic E-state index is 12.6. The molecule has 32 heavy (non-hydrogen) atoms. The van der Waals surface area contributed by atoms with E-state index in [0.29, 0.717) is 22.1 Å². The lowest BCUT2D eigenvalue weighted by Crippen LogP contribution is -2.46. The monoisotopic (exact) mass is 454 g/mol. The molecule has 1 heterocycles. The molecule has 2 aromatic rings. The second kappa shape index (κ2) is 9.56.